The Balaban J connectivity index is 1.99. The number of hydrogen-bond acceptors (Lipinski definition) is 2. The van der Waals surface area contributed by atoms with Gasteiger partial charge >= 0.3 is 5.97 Å². The molecule has 1 aliphatic rings. The van der Waals surface area contributed by atoms with Gasteiger partial charge in [-0.15, -0.1) is 0 Å². The number of aryl methyl sites for hydroxylation is 1. The van der Waals surface area contributed by atoms with E-state index < -0.39 is 5.97 Å². The zero-order chi connectivity index (χ0) is 12.8. The van der Waals surface area contributed by atoms with E-state index in [4.69, 9.17) is 5.11 Å². The van der Waals surface area contributed by atoms with Crippen LogP contribution in [-0.2, 0) is 11.3 Å². The fourth-order valence-electron chi connectivity index (χ4n) is 1.78. The summed E-state index contributed by atoms with van der Waals surface area (Å²) in [5, 5.41) is 13.0. The molecule has 0 aromatic carbocycles. The molecule has 1 aromatic heterocycles. The Morgan fingerprint density at radius 2 is 2.33 bits per heavy atom. The van der Waals surface area contributed by atoms with Crippen molar-refractivity contribution in [1.82, 2.24) is 9.78 Å². The standard InChI is InChI=1S/C14H16N2O2/c17-14(18)8-5-10-16-11-9-13(15-16)12-6-3-1-2-4-7-12/h1,3-4,6-7,9,11H,2,5,8,10H2,(H,17,18). The molecule has 18 heavy (non-hydrogen) atoms. The first-order valence-corrected chi connectivity index (χ1v) is 6.05. The molecule has 0 saturated heterocycles. The normalized spacial score (nSPS) is 14.3. The van der Waals surface area contributed by atoms with Gasteiger partial charge in [0.05, 0.1) is 5.69 Å². The third kappa shape index (κ3) is 3.45. The van der Waals surface area contributed by atoms with Crippen molar-refractivity contribution in [1.29, 1.82) is 0 Å². The molecule has 0 saturated carbocycles. The molecule has 2 rings (SSSR count). The molecule has 0 radical (unpaired) electrons. The summed E-state index contributed by atoms with van der Waals surface area (Å²) >= 11 is 0. The summed E-state index contributed by atoms with van der Waals surface area (Å²) < 4.78 is 1.79. The zero-order valence-electron chi connectivity index (χ0n) is 10.1. The summed E-state index contributed by atoms with van der Waals surface area (Å²) in [5.74, 6) is -0.762. The fraction of sp³-hybridized carbons (Fsp3) is 0.286. The SMILES string of the molecule is O=C(O)CCCn1ccc(C2=CC=CCC=C2)n1. The molecule has 1 N–H and O–H groups in total. The number of rotatable bonds is 5. The number of carbonyl (C=O) groups is 1. The lowest BCUT2D eigenvalue weighted by atomic mass is 10.2. The van der Waals surface area contributed by atoms with Crippen LogP contribution in [0.3, 0.4) is 0 Å². The van der Waals surface area contributed by atoms with Crippen LogP contribution in [0.15, 0.2) is 42.6 Å². The van der Waals surface area contributed by atoms with Crippen molar-refractivity contribution in [3.05, 3.63) is 48.3 Å². The van der Waals surface area contributed by atoms with Gasteiger partial charge in [0.25, 0.3) is 0 Å². The highest BCUT2D eigenvalue weighted by atomic mass is 16.4. The Kier molecular flexibility index (Phi) is 4.12. The topological polar surface area (TPSA) is 55.1 Å². The molecule has 0 spiro atoms. The second-order valence-corrected chi connectivity index (χ2v) is 4.15. The Hall–Kier alpha value is -2.10. The molecule has 0 aliphatic heterocycles. The van der Waals surface area contributed by atoms with E-state index in [0.717, 1.165) is 17.7 Å². The number of carboxylic acids is 1. The molecule has 1 heterocycles. The molecule has 0 bridgehead atoms. The maximum atomic E-state index is 10.4. The van der Waals surface area contributed by atoms with E-state index >= 15 is 0 Å². The molecular formula is C14H16N2O2. The van der Waals surface area contributed by atoms with Crippen LogP contribution >= 0.6 is 0 Å². The van der Waals surface area contributed by atoms with Crippen LogP contribution in [0.2, 0.25) is 0 Å². The van der Waals surface area contributed by atoms with Gasteiger partial charge in [-0.05, 0) is 18.9 Å². The van der Waals surface area contributed by atoms with E-state index in [2.05, 4.69) is 23.3 Å². The molecule has 4 heteroatoms. The minimum absolute atomic E-state index is 0.181. The van der Waals surface area contributed by atoms with Crippen molar-refractivity contribution < 1.29 is 9.90 Å². The second-order valence-electron chi connectivity index (χ2n) is 4.15. The first kappa shape index (κ1) is 12.4. The Morgan fingerprint density at radius 3 is 3.17 bits per heavy atom. The fourth-order valence-corrected chi connectivity index (χ4v) is 1.78. The van der Waals surface area contributed by atoms with E-state index in [1.54, 1.807) is 4.68 Å². The summed E-state index contributed by atoms with van der Waals surface area (Å²) in [4.78, 5) is 10.4. The van der Waals surface area contributed by atoms with Crippen LogP contribution in [0, 0.1) is 0 Å². The average Bonchev–Trinajstić information content (AvgIpc) is 2.63. The van der Waals surface area contributed by atoms with Crippen LogP contribution < -0.4 is 0 Å². The minimum atomic E-state index is -0.762. The summed E-state index contributed by atoms with van der Waals surface area (Å²) in [6, 6.07) is 1.95. The number of hydrogen-bond donors (Lipinski definition) is 1. The lowest BCUT2D eigenvalue weighted by Gasteiger charge is -1.99. The first-order chi connectivity index (χ1) is 8.75. The van der Waals surface area contributed by atoms with Gasteiger partial charge in [0.15, 0.2) is 0 Å². The Morgan fingerprint density at radius 1 is 1.44 bits per heavy atom. The Bertz CT molecular complexity index is 510. The predicted octanol–water partition coefficient (Wildman–Crippen LogP) is 2.65. The second kappa shape index (κ2) is 6.00. The van der Waals surface area contributed by atoms with Crippen molar-refractivity contribution in [3.63, 3.8) is 0 Å². The van der Waals surface area contributed by atoms with Gasteiger partial charge in [-0.3, -0.25) is 9.48 Å². The highest BCUT2D eigenvalue weighted by molar-refractivity contribution is 5.73. The van der Waals surface area contributed by atoms with E-state index in [0.29, 0.717) is 13.0 Å². The molecule has 94 valence electrons. The van der Waals surface area contributed by atoms with Crippen molar-refractivity contribution in [2.45, 2.75) is 25.8 Å². The lowest BCUT2D eigenvalue weighted by Crippen LogP contribution is -2.02. The van der Waals surface area contributed by atoms with E-state index in [1.807, 2.05) is 24.4 Å². The van der Waals surface area contributed by atoms with Crippen LogP contribution in [0.25, 0.3) is 5.57 Å². The van der Waals surface area contributed by atoms with Crippen LogP contribution in [0.4, 0.5) is 0 Å². The van der Waals surface area contributed by atoms with Crippen molar-refractivity contribution in [2.24, 2.45) is 0 Å². The van der Waals surface area contributed by atoms with Crippen LogP contribution in [0.5, 0.6) is 0 Å². The molecule has 1 aliphatic carbocycles. The summed E-state index contributed by atoms with van der Waals surface area (Å²) in [6.45, 7) is 0.638. The maximum absolute atomic E-state index is 10.4. The molecule has 1 aromatic rings. The maximum Gasteiger partial charge on any atom is 0.303 e. The summed E-state index contributed by atoms with van der Waals surface area (Å²) in [5.41, 5.74) is 2.01. The number of allylic oxidation sites excluding steroid dienone is 6. The molecule has 0 amide bonds. The van der Waals surface area contributed by atoms with E-state index in [-0.39, 0.29) is 6.42 Å². The lowest BCUT2D eigenvalue weighted by molar-refractivity contribution is -0.137. The number of aromatic nitrogens is 2. The highest BCUT2D eigenvalue weighted by Gasteiger charge is 2.04. The van der Waals surface area contributed by atoms with Crippen LogP contribution in [-0.4, -0.2) is 20.9 Å². The van der Waals surface area contributed by atoms with E-state index in [9.17, 15) is 4.79 Å². The number of aliphatic carboxylic acids is 1. The van der Waals surface area contributed by atoms with Gasteiger partial charge < -0.3 is 5.11 Å². The largest absolute Gasteiger partial charge is 0.481 e. The van der Waals surface area contributed by atoms with Crippen LogP contribution in [0.1, 0.15) is 25.0 Å². The van der Waals surface area contributed by atoms with Crippen molar-refractivity contribution in [2.75, 3.05) is 0 Å². The third-order valence-electron chi connectivity index (χ3n) is 2.70. The van der Waals surface area contributed by atoms with Gasteiger partial charge in [-0.1, -0.05) is 30.4 Å². The van der Waals surface area contributed by atoms with Gasteiger partial charge in [0, 0.05) is 24.7 Å². The molecular weight excluding hydrogens is 228 g/mol. The molecule has 0 fully saturated rings. The zero-order valence-corrected chi connectivity index (χ0v) is 10.1. The molecule has 0 atom stereocenters. The van der Waals surface area contributed by atoms with E-state index in [1.165, 1.54) is 0 Å². The smallest absolute Gasteiger partial charge is 0.303 e. The average molecular weight is 244 g/mol. The predicted molar refractivity (Wildman–Crippen MR) is 70.0 cm³/mol. The monoisotopic (exact) mass is 244 g/mol. The minimum Gasteiger partial charge on any atom is -0.481 e. The first-order valence-electron chi connectivity index (χ1n) is 6.05. The summed E-state index contributed by atoms with van der Waals surface area (Å²) in [6.07, 6.45) is 13.9. The van der Waals surface area contributed by atoms with Gasteiger partial charge in [-0.2, -0.15) is 5.10 Å². The third-order valence-corrected chi connectivity index (χ3v) is 2.70. The van der Waals surface area contributed by atoms with Gasteiger partial charge in [0.1, 0.15) is 0 Å². The van der Waals surface area contributed by atoms with Gasteiger partial charge in [-0.25, -0.2) is 0 Å². The Labute approximate surface area is 106 Å². The summed E-state index contributed by atoms with van der Waals surface area (Å²) in [7, 11) is 0. The highest BCUT2D eigenvalue weighted by Crippen LogP contribution is 2.16. The number of nitrogens with zero attached hydrogens (tertiary/aromatic N) is 2. The number of carboxylic acid groups (broad SMARTS) is 1. The van der Waals surface area contributed by atoms with Crippen molar-refractivity contribution >= 4 is 11.5 Å². The molecule has 4 nitrogen and oxygen atoms in total. The molecule has 0 unspecified atom stereocenters. The quantitative estimate of drug-likeness (QED) is 0.866. The van der Waals surface area contributed by atoms with Crippen molar-refractivity contribution in [3.8, 4) is 0 Å². The van der Waals surface area contributed by atoms with Gasteiger partial charge in [0.2, 0.25) is 0 Å².